The second-order valence-corrected chi connectivity index (χ2v) is 7.21. The normalized spacial score (nSPS) is 15.0. The lowest BCUT2D eigenvalue weighted by Gasteiger charge is -2.37. The van der Waals surface area contributed by atoms with Gasteiger partial charge in [-0.15, -0.1) is 0 Å². The van der Waals surface area contributed by atoms with E-state index in [1.807, 2.05) is 78.9 Å². The van der Waals surface area contributed by atoms with E-state index in [2.05, 4.69) is 16.7 Å². The smallest absolute Gasteiger partial charge is 0.172 e. The van der Waals surface area contributed by atoms with Crippen LogP contribution in [0.4, 0.5) is 11.4 Å². The predicted octanol–water partition coefficient (Wildman–Crippen LogP) is 5.03. The predicted molar refractivity (Wildman–Crippen MR) is 111 cm³/mol. The summed E-state index contributed by atoms with van der Waals surface area (Å²) < 4.78 is 0. The van der Waals surface area contributed by atoms with Gasteiger partial charge in [0.2, 0.25) is 0 Å². The molecule has 3 heteroatoms. The van der Waals surface area contributed by atoms with Gasteiger partial charge >= 0.3 is 0 Å². The Kier molecular flexibility index (Phi) is 4.93. The summed E-state index contributed by atoms with van der Waals surface area (Å²) >= 11 is 0. The van der Waals surface area contributed by atoms with E-state index in [1.54, 1.807) is 0 Å². The van der Waals surface area contributed by atoms with Crippen LogP contribution in [0, 0.1) is 5.41 Å². The fraction of sp³-hybridized carbons (Fsp3) is 0.208. The molecule has 3 aromatic carbocycles. The van der Waals surface area contributed by atoms with Crippen molar-refractivity contribution >= 4 is 17.2 Å². The highest BCUT2D eigenvalue weighted by Crippen LogP contribution is 2.36. The van der Waals surface area contributed by atoms with Crippen molar-refractivity contribution in [2.75, 3.05) is 23.7 Å². The zero-order valence-electron chi connectivity index (χ0n) is 15.3. The van der Waals surface area contributed by atoms with Crippen molar-refractivity contribution in [3.63, 3.8) is 0 Å². The van der Waals surface area contributed by atoms with Crippen molar-refractivity contribution < 1.29 is 4.79 Å². The molecule has 0 atom stereocenters. The van der Waals surface area contributed by atoms with Gasteiger partial charge in [0.1, 0.15) is 0 Å². The molecule has 0 unspecified atom stereocenters. The van der Waals surface area contributed by atoms with Crippen LogP contribution < -0.4 is 10.6 Å². The summed E-state index contributed by atoms with van der Waals surface area (Å²) in [6.45, 7) is 1.23. The molecular formula is C24H24N2O. The van der Waals surface area contributed by atoms with Gasteiger partial charge < -0.3 is 10.6 Å². The molecule has 4 rings (SSSR count). The van der Waals surface area contributed by atoms with E-state index < -0.39 is 5.41 Å². The quantitative estimate of drug-likeness (QED) is 0.651. The molecule has 0 radical (unpaired) electrons. The topological polar surface area (TPSA) is 41.1 Å². The van der Waals surface area contributed by atoms with Gasteiger partial charge in [-0.1, -0.05) is 60.7 Å². The highest BCUT2D eigenvalue weighted by atomic mass is 16.1. The lowest BCUT2D eigenvalue weighted by molar-refractivity contribution is 0.0794. The van der Waals surface area contributed by atoms with Gasteiger partial charge in [-0.3, -0.25) is 4.79 Å². The third kappa shape index (κ3) is 3.72. The van der Waals surface area contributed by atoms with Crippen LogP contribution in [0.15, 0.2) is 84.9 Å². The van der Waals surface area contributed by atoms with Gasteiger partial charge in [0.25, 0.3) is 0 Å². The molecule has 0 heterocycles. The second kappa shape index (κ2) is 7.67. The van der Waals surface area contributed by atoms with E-state index in [9.17, 15) is 4.79 Å². The molecule has 0 saturated carbocycles. The van der Waals surface area contributed by atoms with Crippen molar-refractivity contribution in [2.24, 2.45) is 5.41 Å². The maximum Gasteiger partial charge on any atom is 0.172 e. The van der Waals surface area contributed by atoms with Gasteiger partial charge in [-0.05, 0) is 42.7 Å². The van der Waals surface area contributed by atoms with Crippen LogP contribution in [0.1, 0.15) is 22.3 Å². The van der Waals surface area contributed by atoms with Crippen LogP contribution in [-0.4, -0.2) is 18.9 Å². The first kappa shape index (κ1) is 17.3. The van der Waals surface area contributed by atoms with Crippen LogP contribution in [0.5, 0.6) is 0 Å². The average Bonchev–Trinajstić information content (AvgIpc) is 2.74. The summed E-state index contributed by atoms with van der Waals surface area (Å²) in [5.74, 6) is 0.233. The Hall–Kier alpha value is -3.07. The van der Waals surface area contributed by atoms with Gasteiger partial charge in [-0.2, -0.15) is 0 Å². The van der Waals surface area contributed by atoms with Crippen molar-refractivity contribution in [3.05, 3.63) is 96.1 Å². The highest BCUT2D eigenvalue weighted by Gasteiger charge is 2.42. The zero-order valence-corrected chi connectivity index (χ0v) is 15.3. The van der Waals surface area contributed by atoms with Gasteiger partial charge in [0.15, 0.2) is 5.78 Å². The summed E-state index contributed by atoms with van der Waals surface area (Å²) in [5, 5.41) is 6.98. The third-order valence-electron chi connectivity index (χ3n) is 5.43. The number of Topliss-reactive ketones (excluding diaryl/α,β-unsaturated/α-hetero) is 1. The number of para-hydroxylation sites is 2. The first-order valence-electron chi connectivity index (χ1n) is 9.47. The number of carbonyl (C=O) groups is 1. The Balaban J connectivity index is 1.60. The standard InChI is InChI=1S/C24H24N2O/c27-23-22-14-8-7-9-19(22)15-16-24(23,17-25-20-10-3-1-4-11-20)18-26-21-12-5-2-6-13-21/h1-14,25-26H,15-18H2. The number of carbonyl (C=O) groups excluding carboxylic acids is 1. The lowest BCUT2D eigenvalue weighted by Crippen LogP contribution is -2.46. The number of rotatable bonds is 6. The van der Waals surface area contributed by atoms with E-state index in [1.165, 1.54) is 0 Å². The van der Waals surface area contributed by atoms with Crippen molar-refractivity contribution in [3.8, 4) is 0 Å². The zero-order chi connectivity index (χ0) is 18.5. The van der Waals surface area contributed by atoms with Crippen molar-refractivity contribution in [1.82, 2.24) is 0 Å². The Morgan fingerprint density at radius 1 is 0.704 bits per heavy atom. The first-order valence-corrected chi connectivity index (χ1v) is 9.47. The maximum absolute atomic E-state index is 13.5. The monoisotopic (exact) mass is 356 g/mol. The molecule has 136 valence electrons. The Bertz CT molecular complexity index is 862. The molecule has 0 aliphatic heterocycles. The van der Waals surface area contributed by atoms with Crippen LogP contribution >= 0.6 is 0 Å². The second-order valence-electron chi connectivity index (χ2n) is 7.21. The fourth-order valence-corrected chi connectivity index (χ4v) is 3.79. The van der Waals surface area contributed by atoms with Crippen LogP contribution in [0.3, 0.4) is 0 Å². The summed E-state index contributed by atoms with van der Waals surface area (Å²) in [7, 11) is 0. The fourth-order valence-electron chi connectivity index (χ4n) is 3.79. The summed E-state index contributed by atoms with van der Waals surface area (Å²) in [6, 6.07) is 28.2. The number of aryl methyl sites for hydroxylation is 1. The molecule has 0 spiro atoms. The number of nitrogens with one attached hydrogen (secondary N) is 2. The molecule has 3 aromatic rings. The Labute approximate surface area is 160 Å². The molecular weight excluding hydrogens is 332 g/mol. The van der Waals surface area contributed by atoms with Crippen LogP contribution in [0.2, 0.25) is 0 Å². The van der Waals surface area contributed by atoms with E-state index in [-0.39, 0.29) is 5.78 Å². The number of hydrogen-bond acceptors (Lipinski definition) is 3. The van der Waals surface area contributed by atoms with Crippen LogP contribution in [-0.2, 0) is 6.42 Å². The average molecular weight is 356 g/mol. The number of anilines is 2. The minimum Gasteiger partial charge on any atom is -0.384 e. The third-order valence-corrected chi connectivity index (χ3v) is 5.43. The van der Waals surface area contributed by atoms with E-state index in [0.29, 0.717) is 13.1 Å². The van der Waals surface area contributed by atoms with Gasteiger partial charge in [0.05, 0.1) is 5.41 Å². The SMILES string of the molecule is O=C1c2ccccc2CCC1(CNc1ccccc1)CNc1ccccc1. The molecule has 3 nitrogen and oxygen atoms in total. The number of ketones is 1. The number of hydrogen-bond donors (Lipinski definition) is 2. The number of benzene rings is 3. The number of fused-ring (bicyclic) bond motifs is 1. The molecule has 2 N–H and O–H groups in total. The van der Waals surface area contributed by atoms with E-state index in [0.717, 1.165) is 35.3 Å². The molecule has 0 aromatic heterocycles. The minimum absolute atomic E-state index is 0.233. The summed E-state index contributed by atoms with van der Waals surface area (Å²) in [6.07, 6.45) is 1.76. The lowest BCUT2D eigenvalue weighted by atomic mass is 9.70. The Morgan fingerprint density at radius 3 is 1.81 bits per heavy atom. The molecule has 0 saturated heterocycles. The largest absolute Gasteiger partial charge is 0.384 e. The molecule has 0 fully saturated rings. The summed E-state index contributed by atoms with van der Waals surface area (Å²) in [5.41, 5.74) is 3.65. The molecule has 1 aliphatic rings. The Morgan fingerprint density at radius 2 is 1.22 bits per heavy atom. The minimum atomic E-state index is -0.472. The molecule has 0 bridgehead atoms. The maximum atomic E-state index is 13.5. The molecule has 0 amide bonds. The van der Waals surface area contributed by atoms with E-state index in [4.69, 9.17) is 0 Å². The van der Waals surface area contributed by atoms with Gasteiger partial charge in [-0.25, -0.2) is 0 Å². The highest BCUT2D eigenvalue weighted by molar-refractivity contribution is 6.03. The molecule has 27 heavy (non-hydrogen) atoms. The van der Waals surface area contributed by atoms with Crippen LogP contribution in [0.25, 0.3) is 0 Å². The first-order chi connectivity index (χ1) is 13.3. The van der Waals surface area contributed by atoms with E-state index >= 15 is 0 Å². The van der Waals surface area contributed by atoms with Crippen molar-refractivity contribution in [1.29, 1.82) is 0 Å². The summed E-state index contributed by atoms with van der Waals surface area (Å²) in [4.78, 5) is 13.5. The van der Waals surface area contributed by atoms with Gasteiger partial charge in [0, 0.05) is 30.0 Å². The van der Waals surface area contributed by atoms with Crippen molar-refractivity contribution in [2.45, 2.75) is 12.8 Å². The molecule has 1 aliphatic carbocycles.